The molecule has 102 valence electrons. The van der Waals surface area contributed by atoms with Gasteiger partial charge in [-0.05, 0) is 29.9 Å². The lowest BCUT2D eigenvalue weighted by Crippen LogP contribution is -2.35. The summed E-state index contributed by atoms with van der Waals surface area (Å²) >= 11 is 0. The molecular weight excluding hydrogens is 238 g/mol. The van der Waals surface area contributed by atoms with Crippen molar-refractivity contribution in [2.75, 3.05) is 7.11 Å². The summed E-state index contributed by atoms with van der Waals surface area (Å²) in [6.45, 7) is 0. The molecule has 0 bridgehead atoms. The highest BCUT2D eigenvalue weighted by atomic mass is 16.5. The maximum atomic E-state index is 12.1. The second-order valence-electron chi connectivity index (χ2n) is 5.90. The largest absolute Gasteiger partial charge is 0.469 e. The summed E-state index contributed by atoms with van der Waals surface area (Å²) in [5.74, 6) is 0.661. The van der Waals surface area contributed by atoms with E-state index in [0.717, 1.165) is 12.8 Å². The number of benzene rings is 1. The van der Waals surface area contributed by atoms with Crippen LogP contribution in [0.2, 0.25) is 0 Å². The van der Waals surface area contributed by atoms with Gasteiger partial charge in [0.2, 0.25) is 0 Å². The third-order valence-corrected chi connectivity index (χ3v) is 4.55. The van der Waals surface area contributed by atoms with Crippen molar-refractivity contribution in [3.8, 4) is 0 Å². The molecule has 0 heterocycles. The van der Waals surface area contributed by atoms with Crippen molar-refractivity contribution in [2.45, 2.75) is 37.6 Å². The predicted molar refractivity (Wildman–Crippen MR) is 73.7 cm³/mol. The number of ether oxygens (including phenoxy) is 1. The third-order valence-electron chi connectivity index (χ3n) is 4.55. The Kier molecular flexibility index (Phi) is 3.31. The second-order valence-corrected chi connectivity index (χ2v) is 5.90. The average Bonchev–Trinajstić information content (AvgIpc) is 3.17. The van der Waals surface area contributed by atoms with Crippen LogP contribution in [0.3, 0.4) is 0 Å². The van der Waals surface area contributed by atoms with Crippen molar-refractivity contribution < 1.29 is 9.53 Å². The molecule has 0 aliphatic heterocycles. The van der Waals surface area contributed by atoms with Gasteiger partial charge in [0.05, 0.1) is 13.0 Å². The highest BCUT2D eigenvalue weighted by Gasteiger charge is 2.42. The molecule has 3 nitrogen and oxygen atoms in total. The molecule has 1 fully saturated rings. The van der Waals surface area contributed by atoms with Crippen LogP contribution < -0.4 is 5.73 Å². The lowest BCUT2D eigenvalue weighted by Gasteiger charge is -2.25. The summed E-state index contributed by atoms with van der Waals surface area (Å²) in [5.41, 5.74) is 8.86. The van der Waals surface area contributed by atoms with Crippen molar-refractivity contribution in [3.05, 3.63) is 35.4 Å². The van der Waals surface area contributed by atoms with Crippen LogP contribution in [-0.4, -0.2) is 19.1 Å². The highest BCUT2D eigenvalue weighted by Crippen LogP contribution is 2.44. The van der Waals surface area contributed by atoms with Crippen molar-refractivity contribution in [1.82, 2.24) is 0 Å². The lowest BCUT2D eigenvalue weighted by molar-refractivity contribution is -0.146. The minimum absolute atomic E-state index is 0.0419. The van der Waals surface area contributed by atoms with Gasteiger partial charge in [-0.1, -0.05) is 37.1 Å². The molecule has 0 aromatic heterocycles. The van der Waals surface area contributed by atoms with E-state index in [1.54, 1.807) is 0 Å². The van der Waals surface area contributed by atoms with Crippen molar-refractivity contribution in [2.24, 2.45) is 17.6 Å². The first-order valence-corrected chi connectivity index (χ1v) is 7.12. The van der Waals surface area contributed by atoms with Gasteiger partial charge in [-0.2, -0.15) is 0 Å². The van der Waals surface area contributed by atoms with Crippen LogP contribution in [-0.2, 0) is 16.0 Å². The van der Waals surface area contributed by atoms with Crippen LogP contribution in [0.1, 0.15) is 36.3 Å². The van der Waals surface area contributed by atoms with Gasteiger partial charge in [0, 0.05) is 12.0 Å². The number of nitrogens with two attached hydrogens (primary N) is 1. The average molecular weight is 259 g/mol. The van der Waals surface area contributed by atoms with Crippen LogP contribution in [0.5, 0.6) is 0 Å². The Labute approximate surface area is 114 Å². The highest BCUT2D eigenvalue weighted by molar-refractivity contribution is 5.74. The van der Waals surface area contributed by atoms with Gasteiger partial charge in [-0.3, -0.25) is 4.79 Å². The maximum absolute atomic E-state index is 12.1. The molecule has 2 aliphatic rings. The van der Waals surface area contributed by atoms with E-state index in [9.17, 15) is 4.79 Å². The summed E-state index contributed by atoms with van der Waals surface area (Å²) in [6.07, 6.45) is 4.30. The summed E-state index contributed by atoms with van der Waals surface area (Å²) < 4.78 is 5.02. The Hall–Kier alpha value is -1.35. The molecule has 19 heavy (non-hydrogen) atoms. The summed E-state index contributed by atoms with van der Waals surface area (Å²) in [5, 5.41) is 0. The van der Waals surface area contributed by atoms with E-state index in [1.165, 1.54) is 31.1 Å². The third kappa shape index (κ3) is 2.39. The first-order valence-electron chi connectivity index (χ1n) is 7.12. The van der Waals surface area contributed by atoms with E-state index in [-0.39, 0.29) is 23.8 Å². The Morgan fingerprint density at radius 1 is 1.42 bits per heavy atom. The zero-order valence-electron chi connectivity index (χ0n) is 11.3. The molecule has 1 saturated carbocycles. The number of hydrogen-bond donors (Lipinski definition) is 1. The minimum atomic E-state index is -0.0935. The van der Waals surface area contributed by atoms with Gasteiger partial charge >= 0.3 is 5.97 Å². The molecular formula is C16H21NO2. The molecule has 3 rings (SSSR count). The molecule has 0 radical (unpaired) electrons. The molecule has 1 aromatic rings. The van der Waals surface area contributed by atoms with Crippen LogP contribution >= 0.6 is 0 Å². The van der Waals surface area contributed by atoms with Gasteiger partial charge in [0.1, 0.15) is 0 Å². The molecule has 1 aromatic carbocycles. The Morgan fingerprint density at radius 2 is 2.16 bits per heavy atom. The molecule has 0 spiro atoms. The number of carbonyl (C=O) groups is 1. The molecule has 2 N–H and O–H groups in total. The van der Waals surface area contributed by atoms with Crippen molar-refractivity contribution in [1.29, 1.82) is 0 Å². The van der Waals surface area contributed by atoms with Gasteiger partial charge < -0.3 is 10.5 Å². The number of rotatable bonds is 4. The van der Waals surface area contributed by atoms with E-state index in [0.29, 0.717) is 5.92 Å². The summed E-state index contributed by atoms with van der Waals surface area (Å²) in [4.78, 5) is 12.1. The first kappa shape index (κ1) is 12.7. The van der Waals surface area contributed by atoms with Crippen molar-refractivity contribution >= 4 is 5.97 Å². The Bertz CT molecular complexity index is 481. The SMILES string of the molecule is COC(=O)C(CC1CC1)C1c2ccccc2CC1N. The summed E-state index contributed by atoms with van der Waals surface area (Å²) in [7, 11) is 1.48. The Balaban J connectivity index is 1.90. The molecule has 3 heteroatoms. The Morgan fingerprint density at radius 3 is 2.84 bits per heavy atom. The van der Waals surface area contributed by atoms with E-state index in [2.05, 4.69) is 12.1 Å². The van der Waals surface area contributed by atoms with Gasteiger partial charge in [0.25, 0.3) is 0 Å². The molecule has 3 atom stereocenters. The van der Waals surface area contributed by atoms with Gasteiger partial charge in [0.15, 0.2) is 0 Å². The fourth-order valence-corrected chi connectivity index (χ4v) is 3.43. The molecule has 0 amide bonds. The van der Waals surface area contributed by atoms with Crippen molar-refractivity contribution in [3.63, 3.8) is 0 Å². The monoisotopic (exact) mass is 259 g/mol. The van der Waals surface area contributed by atoms with E-state index < -0.39 is 0 Å². The molecule has 3 unspecified atom stereocenters. The second kappa shape index (κ2) is 4.97. The fourth-order valence-electron chi connectivity index (χ4n) is 3.43. The first-order chi connectivity index (χ1) is 9.20. The maximum Gasteiger partial charge on any atom is 0.309 e. The lowest BCUT2D eigenvalue weighted by atomic mass is 9.81. The number of methoxy groups -OCH3 is 1. The topological polar surface area (TPSA) is 52.3 Å². The zero-order valence-corrected chi connectivity index (χ0v) is 11.3. The summed E-state index contributed by atoms with van der Waals surface area (Å²) in [6, 6.07) is 8.37. The minimum Gasteiger partial charge on any atom is -0.469 e. The number of esters is 1. The number of hydrogen-bond acceptors (Lipinski definition) is 3. The van der Waals surface area contributed by atoms with Crippen LogP contribution in [0.15, 0.2) is 24.3 Å². The van der Waals surface area contributed by atoms with E-state index in [1.807, 2.05) is 12.1 Å². The van der Waals surface area contributed by atoms with E-state index >= 15 is 0 Å². The standard InChI is InChI=1S/C16H21NO2/c1-19-16(18)13(8-10-6-7-10)15-12-5-3-2-4-11(12)9-14(15)17/h2-5,10,13-15H,6-9,17H2,1H3. The quantitative estimate of drug-likeness (QED) is 0.844. The van der Waals surface area contributed by atoms with E-state index in [4.69, 9.17) is 10.5 Å². The molecule has 0 saturated heterocycles. The number of fused-ring (bicyclic) bond motifs is 1. The normalized spacial score (nSPS) is 26.8. The number of carbonyl (C=O) groups excluding carboxylic acids is 1. The zero-order chi connectivity index (χ0) is 13.4. The van der Waals surface area contributed by atoms with Crippen LogP contribution in [0, 0.1) is 11.8 Å². The van der Waals surface area contributed by atoms with Crippen LogP contribution in [0.25, 0.3) is 0 Å². The smallest absolute Gasteiger partial charge is 0.309 e. The molecule has 2 aliphatic carbocycles. The predicted octanol–water partition coefficient (Wildman–Crippen LogP) is 2.24. The fraction of sp³-hybridized carbons (Fsp3) is 0.562. The van der Waals surface area contributed by atoms with Gasteiger partial charge in [-0.25, -0.2) is 0 Å². The van der Waals surface area contributed by atoms with Crippen LogP contribution in [0.4, 0.5) is 0 Å². The van der Waals surface area contributed by atoms with Gasteiger partial charge in [-0.15, -0.1) is 0 Å².